The van der Waals surface area contributed by atoms with E-state index in [0.29, 0.717) is 6.61 Å². The average molecular weight is 687 g/mol. The number of carbonyl (C=O) groups is 4. The number of hydrogen-bond acceptors (Lipinski definition) is 14. The van der Waals surface area contributed by atoms with E-state index in [1.54, 1.807) is 6.92 Å². The topological polar surface area (TPSA) is 175 Å². The van der Waals surface area contributed by atoms with Gasteiger partial charge in [-0.2, -0.15) is 0 Å². The quantitative estimate of drug-likeness (QED) is 0.0748. The number of ether oxygens (including phenoxy) is 9. The summed E-state index contributed by atoms with van der Waals surface area (Å²) in [6, 6.07) is 17.7. The lowest BCUT2D eigenvalue weighted by Gasteiger charge is -2.23. The van der Waals surface area contributed by atoms with Gasteiger partial charge < -0.3 is 47.7 Å². The minimum absolute atomic E-state index is 0.0138. The van der Waals surface area contributed by atoms with Gasteiger partial charge in [0.15, 0.2) is 24.4 Å². The molecule has 4 rings (SSSR count). The second kappa shape index (κ2) is 19.1. The first kappa shape index (κ1) is 37.6. The number of methoxy groups -OCH3 is 2. The van der Waals surface area contributed by atoms with E-state index in [1.807, 2.05) is 48.5 Å². The van der Waals surface area contributed by atoms with Crippen LogP contribution in [0.5, 0.6) is 0 Å². The molecule has 1 heterocycles. The van der Waals surface area contributed by atoms with Gasteiger partial charge in [-0.15, -0.1) is 0 Å². The van der Waals surface area contributed by atoms with Crippen LogP contribution in [0.25, 0.3) is 21.5 Å². The van der Waals surface area contributed by atoms with Gasteiger partial charge in [0, 0.05) is 12.7 Å². The zero-order chi connectivity index (χ0) is 35.2. The van der Waals surface area contributed by atoms with Crippen LogP contribution >= 0.6 is 0 Å². The average Bonchev–Trinajstić information content (AvgIpc) is 3.96. The molecule has 266 valence electrons. The Morgan fingerprint density at radius 1 is 0.755 bits per heavy atom. The number of carbonyl (C=O) groups excluding carboxylic acids is 4. The third-order valence-electron chi connectivity index (χ3n) is 7.65. The van der Waals surface area contributed by atoms with Gasteiger partial charge in [-0.1, -0.05) is 55.5 Å². The van der Waals surface area contributed by atoms with Gasteiger partial charge in [-0.05, 0) is 34.0 Å². The van der Waals surface area contributed by atoms with E-state index in [9.17, 15) is 19.2 Å². The van der Waals surface area contributed by atoms with Crippen molar-refractivity contribution in [2.24, 2.45) is 0 Å². The highest BCUT2D eigenvalue weighted by atomic mass is 16.6. The molecule has 5 atom stereocenters. The number of hydrogen-bond donors (Lipinski definition) is 1. The van der Waals surface area contributed by atoms with Crippen LogP contribution in [0.4, 0.5) is 0 Å². The lowest BCUT2D eigenvalue weighted by atomic mass is 9.97. The summed E-state index contributed by atoms with van der Waals surface area (Å²) in [6.45, 7) is -0.0275. The smallest absolute Gasteiger partial charge is 0.337 e. The molecule has 14 nitrogen and oxygen atoms in total. The first-order chi connectivity index (χ1) is 23.8. The minimum atomic E-state index is -1.44. The fourth-order valence-corrected chi connectivity index (χ4v) is 4.87. The van der Waals surface area contributed by atoms with Crippen LogP contribution < -0.4 is 0 Å². The van der Waals surface area contributed by atoms with Gasteiger partial charge in [0.2, 0.25) is 0 Å². The van der Waals surface area contributed by atoms with E-state index in [2.05, 4.69) is 10.8 Å². The second-order valence-corrected chi connectivity index (χ2v) is 11.0. The first-order valence-corrected chi connectivity index (χ1v) is 15.9. The molecule has 0 aliphatic carbocycles. The SMILES string of the molecule is CCC(OCC(OCC(OCC(OC)C(=O)OC)C(=O)OCC1CO1)C(=O)OCCO)C(=O)OCc1c2ccccc2cc2ccccc12. The zero-order valence-corrected chi connectivity index (χ0v) is 27.7. The standard InChI is InChI=1S/C35H42O14/c1-4-28(33(38)49-18-27-25-11-7-5-9-22(25)15-23-10-6-8-12-26(23)27)45-20-30(34(39)43-14-13-36)47-21-31(35(40)48-17-24-16-44-24)46-19-29(41-2)32(37)42-3/h5-12,15,24,28-31,36H,4,13-14,16-21H2,1-3H3. The maximum Gasteiger partial charge on any atom is 0.337 e. The van der Waals surface area contributed by atoms with Crippen LogP contribution in [0.1, 0.15) is 18.9 Å². The minimum Gasteiger partial charge on any atom is -0.467 e. The normalized spacial score (nSPS) is 16.4. The van der Waals surface area contributed by atoms with Crippen molar-refractivity contribution in [3.63, 3.8) is 0 Å². The maximum absolute atomic E-state index is 13.2. The number of benzene rings is 3. The number of aliphatic hydroxyl groups is 1. The molecule has 1 aliphatic rings. The van der Waals surface area contributed by atoms with Gasteiger partial charge in [0.05, 0.1) is 40.1 Å². The Labute approximate surface area is 283 Å². The summed E-state index contributed by atoms with van der Waals surface area (Å²) in [5, 5.41) is 13.1. The molecule has 1 aliphatic heterocycles. The van der Waals surface area contributed by atoms with E-state index >= 15 is 0 Å². The van der Waals surface area contributed by atoms with E-state index in [-0.39, 0.29) is 32.3 Å². The van der Waals surface area contributed by atoms with Gasteiger partial charge in [-0.3, -0.25) is 0 Å². The Bertz CT molecular complexity index is 1500. The van der Waals surface area contributed by atoms with Crippen LogP contribution in [0.2, 0.25) is 0 Å². The van der Waals surface area contributed by atoms with Crippen LogP contribution in [-0.2, 0) is 68.4 Å². The van der Waals surface area contributed by atoms with Crippen LogP contribution in [0.3, 0.4) is 0 Å². The third kappa shape index (κ3) is 10.9. The van der Waals surface area contributed by atoms with Crippen molar-refractivity contribution in [2.75, 3.05) is 60.5 Å². The molecule has 0 spiro atoms. The Morgan fingerprint density at radius 3 is 1.82 bits per heavy atom. The van der Waals surface area contributed by atoms with E-state index in [0.717, 1.165) is 27.1 Å². The highest BCUT2D eigenvalue weighted by Gasteiger charge is 2.33. The van der Waals surface area contributed by atoms with Crippen LogP contribution in [0.15, 0.2) is 54.6 Å². The Hall–Kier alpha value is -4.18. The fourth-order valence-electron chi connectivity index (χ4n) is 4.87. The van der Waals surface area contributed by atoms with Crippen LogP contribution in [-0.4, -0.2) is 120 Å². The van der Waals surface area contributed by atoms with Crippen LogP contribution in [0, 0.1) is 0 Å². The molecule has 0 saturated carbocycles. The van der Waals surface area contributed by atoms with E-state index in [1.165, 1.54) is 14.2 Å². The molecule has 1 saturated heterocycles. The molecule has 0 bridgehead atoms. The highest BCUT2D eigenvalue weighted by molar-refractivity contribution is 6.02. The molecule has 3 aromatic rings. The van der Waals surface area contributed by atoms with Crippen molar-refractivity contribution in [1.29, 1.82) is 0 Å². The Kier molecular flexibility index (Phi) is 14.7. The first-order valence-electron chi connectivity index (χ1n) is 15.9. The lowest BCUT2D eigenvalue weighted by molar-refractivity contribution is -0.182. The zero-order valence-electron chi connectivity index (χ0n) is 27.7. The number of aliphatic hydroxyl groups excluding tert-OH is 1. The number of rotatable bonds is 21. The van der Waals surface area contributed by atoms with E-state index in [4.69, 9.17) is 43.0 Å². The summed E-state index contributed by atoms with van der Waals surface area (Å²) in [5.74, 6) is -3.13. The Balaban J connectivity index is 1.41. The van der Waals surface area contributed by atoms with Gasteiger partial charge in [-0.25, -0.2) is 19.2 Å². The summed E-state index contributed by atoms with van der Waals surface area (Å²) >= 11 is 0. The van der Waals surface area contributed by atoms with E-state index < -0.39 is 74.7 Å². The largest absolute Gasteiger partial charge is 0.467 e. The number of esters is 4. The molecule has 49 heavy (non-hydrogen) atoms. The number of epoxide rings is 1. The second-order valence-electron chi connectivity index (χ2n) is 11.0. The maximum atomic E-state index is 13.2. The molecule has 0 radical (unpaired) electrons. The number of fused-ring (bicyclic) bond motifs is 2. The predicted molar refractivity (Wildman–Crippen MR) is 172 cm³/mol. The molecular formula is C35H42O14. The Morgan fingerprint density at radius 2 is 1.29 bits per heavy atom. The van der Waals surface area contributed by atoms with Gasteiger partial charge in [0.25, 0.3) is 0 Å². The van der Waals surface area contributed by atoms with Crippen molar-refractivity contribution < 1.29 is 66.9 Å². The summed E-state index contributed by atoms with van der Waals surface area (Å²) < 4.78 is 47.9. The lowest BCUT2D eigenvalue weighted by Crippen LogP contribution is -2.41. The predicted octanol–water partition coefficient (Wildman–Crippen LogP) is 2.27. The summed E-state index contributed by atoms with van der Waals surface area (Å²) in [4.78, 5) is 50.9. The molecule has 5 unspecified atom stereocenters. The monoisotopic (exact) mass is 686 g/mol. The fraction of sp³-hybridized carbons (Fsp3) is 0.486. The molecule has 1 N–H and O–H groups in total. The van der Waals surface area contributed by atoms with Crippen molar-refractivity contribution in [1.82, 2.24) is 0 Å². The van der Waals surface area contributed by atoms with Crippen molar-refractivity contribution in [3.05, 3.63) is 60.2 Å². The molecule has 14 heteroatoms. The highest BCUT2D eigenvalue weighted by Crippen LogP contribution is 2.29. The molecule has 0 amide bonds. The molecule has 3 aromatic carbocycles. The summed E-state index contributed by atoms with van der Waals surface area (Å²) in [6.07, 6.45) is -5.09. The molecular weight excluding hydrogens is 644 g/mol. The summed E-state index contributed by atoms with van der Waals surface area (Å²) in [7, 11) is 2.44. The summed E-state index contributed by atoms with van der Waals surface area (Å²) in [5.41, 5.74) is 0.847. The van der Waals surface area contributed by atoms with Crippen molar-refractivity contribution in [3.8, 4) is 0 Å². The van der Waals surface area contributed by atoms with Crippen molar-refractivity contribution in [2.45, 2.75) is 50.5 Å². The van der Waals surface area contributed by atoms with Gasteiger partial charge in [0.1, 0.15) is 25.9 Å². The molecule has 0 aromatic heterocycles. The molecule has 1 fully saturated rings. The van der Waals surface area contributed by atoms with Gasteiger partial charge >= 0.3 is 23.9 Å². The third-order valence-corrected chi connectivity index (χ3v) is 7.65. The van der Waals surface area contributed by atoms with Crippen molar-refractivity contribution >= 4 is 45.4 Å².